The second-order valence-corrected chi connectivity index (χ2v) is 2.93. The van der Waals surface area contributed by atoms with Crippen molar-refractivity contribution in [1.82, 2.24) is 0 Å². The van der Waals surface area contributed by atoms with E-state index in [1.54, 1.807) is 0 Å². The molecule has 0 unspecified atom stereocenters. The Labute approximate surface area is 96.0 Å². The summed E-state index contributed by atoms with van der Waals surface area (Å²) in [5.74, 6) is -0.423. The summed E-state index contributed by atoms with van der Waals surface area (Å²) in [6.45, 7) is 0. The molecule has 0 radical (unpaired) electrons. The molecule has 0 saturated heterocycles. The van der Waals surface area contributed by atoms with Crippen LogP contribution in [0.2, 0.25) is 0 Å². The van der Waals surface area contributed by atoms with Crippen LogP contribution >= 0.6 is 11.6 Å². The van der Waals surface area contributed by atoms with Gasteiger partial charge in [0.15, 0.2) is 0 Å². The molecule has 0 spiro atoms. The zero-order chi connectivity index (χ0) is 5.91. The van der Waals surface area contributed by atoms with Gasteiger partial charge in [-0.05, 0) is 0 Å². The van der Waals surface area contributed by atoms with Crippen molar-refractivity contribution in [2.75, 3.05) is 11.6 Å². The Morgan fingerprint density at radius 1 is 1.50 bits per heavy atom. The molecule has 1 N–H and O–H groups in total. The summed E-state index contributed by atoms with van der Waals surface area (Å²) in [5.41, 5.74) is 0. The van der Waals surface area contributed by atoms with Crippen molar-refractivity contribution in [3.05, 3.63) is 0 Å². The molecule has 0 bridgehead atoms. The SMILES string of the molecule is O=S(=O)(O)CCCl.[KH]. The van der Waals surface area contributed by atoms with Gasteiger partial charge in [0.05, 0.1) is 5.75 Å². The zero-order valence-corrected chi connectivity index (χ0v) is 5.04. The van der Waals surface area contributed by atoms with Crippen molar-refractivity contribution in [3.8, 4) is 0 Å². The molecule has 0 aromatic heterocycles. The van der Waals surface area contributed by atoms with Gasteiger partial charge < -0.3 is 0 Å². The molecule has 0 aliphatic heterocycles. The van der Waals surface area contributed by atoms with Crippen molar-refractivity contribution in [3.63, 3.8) is 0 Å². The van der Waals surface area contributed by atoms with Gasteiger partial charge >= 0.3 is 51.4 Å². The van der Waals surface area contributed by atoms with Crippen LogP contribution in [0, 0.1) is 0 Å². The van der Waals surface area contributed by atoms with Crippen LogP contribution in [0.1, 0.15) is 0 Å². The van der Waals surface area contributed by atoms with E-state index in [1.807, 2.05) is 0 Å². The minimum absolute atomic E-state index is 0. The van der Waals surface area contributed by atoms with Crippen molar-refractivity contribution in [2.24, 2.45) is 0 Å². The maximum absolute atomic E-state index is 9.70. The summed E-state index contributed by atoms with van der Waals surface area (Å²) in [7, 11) is -3.81. The Morgan fingerprint density at radius 2 is 1.88 bits per heavy atom. The van der Waals surface area contributed by atoms with Crippen molar-refractivity contribution < 1.29 is 13.0 Å². The number of hydrogen-bond acceptors (Lipinski definition) is 2. The Bertz CT molecular complexity index is 130. The van der Waals surface area contributed by atoms with E-state index in [2.05, 4.69) is 0 Å². The second kappa shape index (κ2) is 5.61. The van der Waals surface area contributed by atoms with E-state index in [1.165, 1.54) is 0 Å². The average Bonchev–Trinajstić information content (AvgIpc) is 1.30. The van der Waals surface area contributed by atoms with E-state index < -0.39 is 10.1 Å². The fourth-order valence-electron chi connectivity index (χ4n) is 0.0975. The van der Waals surface area contributed by atoms with Gasteiger partial charge in [-0.15, -0.1) is 11.6 Å². The summed E-state index contributed by atoms with van der Waals surface area (Å²) in [6, 6.07) is 0. The first-order valence-electron chi connectivity index (χ1n) is 1.57. The van der Waals surface area contributed by atoms with E-state index in [4.69, 9.17) is 16.2 Å². The third kappa shape index (κ3) is 10.8. The topological polar surface area (TPSA) is 54.4 Å². The van der Waals surface area contributed by atoms with Crippen molar-refractivity contribution in [2.45, 2.75) is 0 Å². The molecule has 0 aromatic rings. The van der Waals surface area contributed by atoms with Gasteiger partial charge in [-0.2, -0.15) is 8.42 Å². The molecule has 0 rings (SSSR count). The summed E-state index contributed by atoms with van der Waals surface area (Å²) >= 11 is 4.95. The zero-order valence-electron chi connectivity index (χ0n) is 3.46. The fourth-order valence-corrected chi connectivity index (χ4v) is 0.877. The Balaban J connectivity index is 0. The first kappa shape index (κ1) is 12.5. The first-order chi connectivity index (χ1) is 3.06. The minimum atomic E-state index is -3.81. The average molecular weight is 185 g/mol. The molecule has 8 heavy (non-hydrogen) atoms. The summed E-state index contributed by atoms with van der Waals surface area (Å²) in [6.07, 6.45) is 0. The number of halogens is 1. The molecule has 46 valence electrons. The van der Waals surface area contributed by atoms with E-state index in [0.717, 1.165) is 0 Å². The number of hydrogen-bond donors (Lipinski definition) is 1. The monoisotopic (exact) mass is 184 g/mol. The normalized spacial score (nSPS) is 10.2. The van der Waals surface area contributed by atoms with Crippen LogP contribution in [-0.4, -0.2) is 76.0 Å². The van der Waals surface area contributed by atoms with Crippen LogP contribution in [0.3, 0.4) is 0 Å². The molecule has 0 atom stereocenters. The van der Waals surface area contributed by atoms with Crippen LogP contribution in [0.5, 0.6) is 0 Å². The molecule has 0 saturated carbocycles. The van der Waals surface area contributed by atoms with Crippen molar-refractivity contribution >= 4 is 73.1 Å². The van der Waals surface area contributed by atoms with E-state index in [9.17, 15) is 8.42 Å². The predicted octanol–water partition coefficient (Wildman–Crippen LogP) is -0.535. The van der Waals surface area contributed by atoms with E-state index >= 15 is 0 Å². The molecule has 0 aliphatic rings. The molecule has 6 heteroatoms. The van der Waals surface area contributed by atoms with Gasteiger partial charge in [0.2, 0.25) is 0 Å². The van der Waals surface area contributed by atoms with Gasteiger partial charge in [0.1, 0.15) is 0 Å². The van der Waals surface area contributed by atoms with Gasteiger partial charge in [-0.1, -0.05) is 0 Å². The molecular formula is C2H6ClKO3S. The van der Waals surface area contributed by atoms with Crippen LogP contribution in [-0.2, 0) is 10.1 Å². The predicted molar refractivity (Wildman–Crippen MR) is 34.3 cm³/mol. The number of alkyl halides is 1. The summed E-state index contributed by atoms with van der Waals surface area (Å²) in [5, 5.41) is 0. The Hall–Kier alpha value is 1.84. The van der Waals surface area contributed by atoms with E-state index in [0.29, 0.717) is 0 Å². The molecule has 0 amide bonds. The first-order valence-corrected chi connectivity index (χ1v) is 3.72. The molecule has 0 aromatic carbocycles. The quantitative estimate of drug-likeness (QED) is 0.357. The Morgan fingerprint density at radius 3 is 1.88 bits per heavy atom. The molecule has 0 aliphatic carbocycles. The van der Waals surface area contributed by atoms with Crippen LogP contribution < -0.4 is 0 Å². The van der Waals surface area contributed by atoms with Gasteiger partial charge in [0.25, 0.3) is 10.1 Å². The molecule has 3 nitrogen and oxygen atoms in total. The standard InChI is InChI=1S/C2H5ClO3S.K.H/c3-1-2-7(4,5)6;;/h1-2H2,(H,4,5,6);;. The van der Waals surface area contributed by atoms with Gasteiger partial charge in [0, 0.05) is 5.88 Å². The van der Waals surface area contributed by atoms with Crippen LogP contribution in [0.4, 0.5) is 0 Å². The third-order valence-electron chi connectivity index (χ3n) is 0.335. The molecule has 0 heterocycles. The van der Waals surface area contributed by atoms with Gasteiger partial charge in [-0.3, -0.25) is 4.55 Å². The van der Waals surface area contributed by atoms with Crippen LogP contribution in [0.15, 0.2) is 0 Å². The van der Waals surface area contributed by atoms with Crippen LogP contribution in [0.25, 0.3) is 0 Å². The van der Waals surface area contributed by atoms with Gasteiger partial charge in [-0.25, -0.2) is 0 Å². The molecule has 0 fully saturated rings. The van der Waals surface area contributed by atoms with E-state index in [-0.39, 0.29) is 63.0 Å². The fraction of sp³-hybridized carbons (Fsp3) is 1.00. The second-order valence-electron chi connectivity index (χ2n) is 0.975. The summed E-state index contributed by atoms with van der Waals surface area (Å²) < 4.78 is 27.3. The third-order valence-corrected chi connectivity index (χ3v) is 1.47. The summed E-state index contributed by atoms with van der Waals surface area (Å²) in [4.78, 5) is 0. The Kier molecular flexibility index (Phi) is 8.77. The maximum atomic E-state index is 9.70. The molecular weight excluding hydrogens is 179 g/mol. The number of rotatable bonds is 2. The van der Waals surface area contributed by atoms with Crippen molar-refractivity contribution in [1.29, 1.82) is 0 Å².